The van der Waals surface area contributed by atoms with Gasteiger partial charge in [0.1, 0.15) is 5.75 Å². The molecule has 0 heterocycles. The van der Waals surface area contributed by atoms with Crippen LogP contribution in [0.5, 0.6) is 5.75 Å². The third kappa shape index (κ3) is 4.54. The molecule has 0 unspecified atom stereocenters. The van der Waals surface area contributed by atoms with Gasteiger partial charge in [0.2, 0.25) is 0 Å². The van der Waals surface area contributed by atoms with E-state index in [9.17, 15) is 5.11 Å². The van der Waals surface area contributed by atoms with Crippen LogP contribution in [0.1, 0.15) is 19.4 Å². The second-order valence-corrected chi connectivity index (χ2v) is 4.77. The first-order valence-corrected chi connectivity index (χ1v) is 6.12. The minimum Gasteiger partial charge on any atom is -0.508 e. The Kier molecular flexibility index (Phi) is 5.75. The van der Waals surface area contributed by atoms with Crippen LogP contribution >= 0.6 is 11.6 Å². The minimum atomic E-state index is 0.289. The average Bonchev–Trinajstić information content (AvgIpc) is 2.28. The Balaban J connectivity index is 2.74. The summed E-state index contributed by atoms with van der Waals surface area (Å²) in [5.41, 5.74) is 0.849. The molecule has 1 aromatic carbocycles. The van der Waals surface area contributed by atoms with Crippen LogP contribution < -0.4 is 0 Å². The lowest BCUT2D eigenvalue weighted by Crippen LogP contribution is -2.33. The number of methoxy groups -OCH3 is 1. The Morgan fingerprint density at radius 1 is 1.41 bits per heavy atom. The molecule has 96 valence electrons. The van der Waals surface area contributed by atoms with Gasteiger partial charge in [-0.15, -0.1) is 0 Å². The fourth-order valence-corrected chi connectivity index (χ4v) is 1.82. The molecule has 0 spiro atoms. The predicted molar refractivity (Wildman–Crippen MR) is 70.5 cm³/mol. The molecule has 0 bridgehead atoms. The van der Waals surface area contributed by atoms with Crippen LogP contribution in [0.15, 0.2) is 18.2 Å². The summed E-state index contributed by atoms with van der Waals surface area (Å²) in [6, 6.07) is 5.52. The fraction of sp³-hybridized carbons (Fsp3) is 0.538. The van der Waals surface area contributed by atoms with Crippen molar-refractivity contribution < 1.29 is 9.84 Å². The Bertz CT molecular complexity index is 355. The van der Waals surface area contributed by atoms with E-state index in [0.29, 0.717) is 24.2 Å². The molecule has 0 aliphatic heterocycles. The molecule has 0 saturated carbocycles. The summed E-state index contributed by atoms with van der Waals surface area (Å²) in [4.78, 5) is 2.23. The van der Waals surface area contributed by atoms with Gasteiger partial charge in [-0.05, 0) is 32.0 Å². The number of hydrogen-bond donors (Lipinski definition) is 1. The van der Waals surface area contributed by atoms with E-state index in [-0.39, 0.29) is 5.75 Å². The number of ether oxygens (including phenoxy) is 1. The highest BCUT2D eigenvalue weighted by Gasteiger charge is 2.12. The summed E-state index contributed by atoms with van der Waals surface area (Å²) in [5, 5.41) is 10.4. The molecule has 0 saturated heterocycles. The van der Waals surface area contributed by atoms with Crippen LogP contribution in [0, 0.1) is 0 Å². The number of phenols is 1. The third-order valence-electron chi connectivity index (χ3n) is 2.73. The van der Waals surface area contributed by atoms with Crippen molar-refractivity contribution in [1.82, 2.24) is 4.90 Å². The number of phenolic OH excluding ortho intramolecular Hbond substituents is 1. The maximum absolute atomic E-state index is 9.77. The highest BCUT2D eigenvalue weighted by atomic mass is 35.5. The lowest BCUT2D eigenvalue weighted by atomic mass is 10.1. The van der Waals surface area contributed by atoms with E-state index >= 15 is 0 Å². The number of nitrogens with zero attached hydrogens (tertiary/aromatic N) is 1. The third-order valence-corrected chi connectivity index (χ3v) is 2.96. The van der Waals surface area contributed by atoms with Gasteiger partial charge in [0, 0.05) is 36.8 Å². The van der Waals surface area contributed by atoms with Gasteiger partial charge in [-0.3, -0.25) is 4.90 Å². The Labute approximate surface area is 108 Å². The largest absolute Gasteiger partial charge is 0.508 e. The maximum atomic E-state index is 9.77. The first-order chi connectivity index (χ1) is 8.04. The minimum absolute atomic E-state index is 0.289. The Hall–Kier alpha value is -0.770. The van der Waals surface area contributed by atoms with Gasteiger partial charge < -0.3 is 9.84 Å². The summed E-state index contributed by atoms with van der Waals surface area (Å²) in [5.74, 6) is 0.289. The van der Waals surface area contributed by atoms with Crippen molar-refractivity contribution in [3.8, 4) is 5.75 Å². The molecule has 1 aromatic rings. The van der Waals surface area contributed by atoms with E-state index < -0.39 is 0 Å². The lowest BCUT2D eigenvalue weighted by molar-refractivity contribution is 0.124. The summed E-state index contributed by atoms with van der Waals surface area (Å²) >= 11 is 5.93. The molecular formula is C13H20ClNO2. The second kappa shape index (κ2) is 6.84. The van der Waals surface area contributed by atoms with E-state index in [1.165, 1.54) is 0 Å². The second-order valence-electron chi connectivity index (χ2n) is 4.33. The highest BCUT2D eigenvalue weighted by Crippen LogP contribution is 2.23. The highest BCUT2D eigenvalue weighted by molar-refractivity contribution is 6.30. The molecule has 0 aliphatic carbocycles. The zero-order chi connectivity index (χ0) is 12.8. The quantitative estimate of drug-likeness (QED) is 0.851. The fourth-order valence-electron chi connectivity index (χ4n) is 1.63. The molecular weight excluding hydrogens is 238 g/mol. The van der Waals surface area contributed by atoms with Crippen LogP contribution in [-0.4, -0.2) is 36.3 Å². The van der Waals surface area contributed by atoms with Crippen molar-refractivity contribution >= 4 is 11.6 Å². The standard InChI is InChI=1S/C13H20ClNO2/c1-10(2)15(6-7-17-3)9-11-8-12(14)4-5-13(11)16/h4-5,8,10,16H,6-7,9H2,1-3H3. The Morgan fingerprint density at radius 3 is 2.71 bits per heavy atom. The van der Waals surface area contributed by atoms with Gasteiger partial charge in [0.25, 0.3) is 0 Å². The van der Waals surface area contributed by atoms with Gasteiger partial charge in [-0.1, -0.05) is 11.6 Å². The monoisotopic (exact) mass is 257 g/mol. The van der Waals surface area contributed by atoms with Crippen LogP contribution in [0.4, 0.5) is 0 Å². The van der Waals surface area contributed by atoms with E-state index in [1.807, 2.05) is 0 Å². The van der Waals surface area contributed by atoms with Crippen LogP contribution in [0.2, 0.25) is 5.02 Å². The molecule has 3 nitrogen and oxygen atoms in total. The predicted octanol–water partition coefficient (Wildman–Crippen LogP) is 2.90. The van der Waals surface area contributed by atoms with Crippen molar-refractivity contribution in [2.45, 2.75) is 26.4 Å². The normalized spacial score (nSPS) is 11.4. The first kappa shape index (κ1) is 14.3. The van der Waals surface area contributed by atoms with E-state index in [4.69, 9.17) is 16.3 Å². The summed E-state index contributed by atoms with van der Waals surface area (Å²) in [6.45, 7) is 6.43. The molecule has 0 aromatic heterocycles. The molecule has 0 radical (unpaired) electrons. The number of halogens is 1. The van der Waals surface area contributed by atoms with Crippen LogP contribution in [0.25, 0.3) is 0 Å². The first-order valence-electron chi connectivity index (χ1n) is 5.75. The van der Waals surface area contributed by atoms with Gasteiger partial charge in [-0.25, -0.2) is 0 Å². The van der Waals surface area contributed by atoms with Gasteiger partial charge in [0.15, 0.2) is 0 Å². The van der Waals surface area contributed by atoms with Gasteiger partial charge in [-0.2, -0.15) is 0 Å². The van der Waals surface area contributed by atoms with Gasteiger partial charge >= 0.3 is 0 Å². The lowest BCUT2D eigenvalue weighted by Gasteiger charge is -2.26. The van der Waals surface area contributed by atoms with Crippen LogP contribution in [0.3, 0.4) is 0 Å². The number of benzene rings is 1. The molecule has 0 fully saturated rings. The average molecular weight is 258 g/mol. The number of aromatic hydroxyl groups is 1. The van der Waals surface area contributed by atoms with Crippen molar-refractivity contribution in [2.24, 2.45) is 0 Å². The smallest absolute Gasteiger partial charge is 0.120 e. The molecule has 4 heteroatoms. The molecule has 0 atom stereocenters. The Morgan fingerprint density at radius 2 is 2.12 bits per heavy atom. The zero-order valence-electron chi connectivity index (χ0n) is 10.6. The molecule has 17 heavy (non-hydrogen) atoms. The summed E-state index contributed by atoms with van der Waals surface area (Å²) in [7, 11) is 1.69. The van der Waals surface area contributed by atoms with Crippen LogP contribution in [-0.2, 0) is 11.3 Å². The molecule has 1 rings (SSSR count). The zero-order valence-corrected chi connectivity index (χ0v) is 11.4. The maximum Gasteiger partial charge on any atom is 0.120 e. The van der Waals surface area contributed by atoms with Crippen molar-refractivity contribution in [1.29, 1.82) is 0 Å². The molecule has 0 aliphatic rings. The topological polar surface area (TPSA) is 32.7 Å². The molecule has 0 amide bonds. The van der Waals surface area contributed by atoms with E-state index in [1.54, 1.807) is 25.3 Å². The van der Waals surface area contributed by atoms with Gasteiger partial charge in [0.05, 0.1) is 6.61 Å². The molecule has 1 N–H and O–H groups in total. The van der Waals surface area contributed by atoms with E-state index in [2.05, 4.69) is 18.7 Å². The number of rotatable bonds is 6. The summed E-state index contributed by atoms with van der Waals surface area (Å²) < 4.78 is 5.08. The van der Waals surface area contributed by atoms with Crippen molar-refractivity contribution in [3.63, 3.8) is 0 Å². The van der Waals surface area contributed by atoms with E-state index in [0.717, 1.165) is 12.1 Å². The van der Waals surface area contributed by atoms with Crippen molar-refractivity contribution in [2.75, 3.05) is 20.3 Å². The van der Waals surface area contributed by atoms with Crippen molar-refractivity contribution in [3.05, 3.63) is 28.8 Å². The number of hydrogen-bond acceptors (Lipinski definition) is 3. The summed E-state index contributed by atoms with van der Waals surface area (Å²) in [6.07, 6.45) is 0. The SMILES string of the molecule is COCCN(Cc1cc(Cl)ccc1O)C(C)C.